The number of nitrogens with one attached hydrogen (secondary N) is 1. The van der Waals surface area contributed by atoms with E-state index in [1.54, 1.807) is 36.4 Å². The van der Waals surface area contributed by atoms with Crippen molar-refractivity contribution in [2.24, 2.45) is 0 Å². The molecule has 4 aromatic rings. The van der Waals surface area contributed by atoms with Gasteiger partial charge in [0, 0.05) is 37.2 Å². The van der Waals surface area contributed by atoms with Crippen LogP contribution in [-0.2, 0) is 32.6 Å². The lowest BCUT2D eigenvalue weighted by Gasteiger charge is -2.34. The van der Waals surface area contributed by atoms with E-state index in [2.05, 4.69) is 5.32 Å². The van der Waals surface area contributed by atoms with E-state index in [1.807, 2.05) is 13.0 Å². The Morgan fingerprint density at radius 3 is 2.22 bits per heavy atom. The van der Waals surface area contributed by atoms with Gasteiger partial charge >= 0.3 is 0 Å². The molecule has 0 aliphatic heterocycles. The number of benzene rings is 4. The molecule has 0 bridgehead atoms. The van der Waals surface area contributed by atoms with Gasteiger partial charge in [0.2, 0.25) is 11.8 Å². The molecule has 0 saturated heterocycles. The lowest BCUT2D eigenvalue weighted by molar-refractivity contribution is -0.384. The minimum atomic E-state index is -4.44. The van der Waals surface area contributed by atoms with Gasteiger partial charge in [-0.15, -0.1) is 0 Å². The summed E-state index contributed by atoms with van der Waals surface area (Å²) in [6, 6.07) is 26.0. The highest BCUT2D eigenvalue weighted by molar-refractivity contribution is 7.92. The second kappa shape index (κ2) is 15.8. The van der Waals surface area contributed by atoms with Gasteiger partial charge < -0.3 is 10.2 Å². The molecule has 1 atom stereocenters. The van der Waals surface area contributed by atoms with Gasteiger partial charge in [-0.2, -0.15) is 0 Å². The molecular formula is C34H35FN4O6S. The molecule has 4 aromatic carbocycles. The van der Waals surface area contributed by atoms with Crippen LogP contribution in [0.5, 0.6) is 0 Å². The van der Waals surface area contributed by atoms with Crippen molar-refractivity contribution in [2.45, 2.75) is 43.7 Å². The number of anilines is 1. The average Bonchev–Trinajstić information content (AvgIpc) is 3.06. The van der Waals surface area contributed by atoms with Crippen molar-refractivity contribution >= 4 is 33.2 Å². The fraction of sp³-hybridized carbons (Fsp3) is 0.235. The van der Waals surface area contributed by atoms with Gasteiger partial charge in [-0.1, -0.05) is 86.1 Å². The Morgan fingerprint density at radius 2 is 1.57 bits per heavy atom. The van der Waals surface area contributed by atoms with E-state index >= 15 is 4.39 Å². The first kappa shape index (κ1) is 33.8. The number of rotatable bonds is 15. The zero-order valence-electron chi connectivity index (χ0n) is 25.3. The van der Waals surface area contributed by atoms with Crippen molar-refractivity contribution in [2.75, 3.05) is 17.4 Å². The zero-order valence-corrected chi connectivity index (χ0v) is 26.1. The van der Waals surface area contributed by atoms with Gasteiger partial charge in [-0.05, 0) is 36.2 Å². The van der Waals surface area contributed by atoms with Crippen LogP contribution in [0.3, 0.4) is 0 Å². The number of hydrogen-bond donors (Lipinski definition) is 1. The van der Waals surface area contributed by atoms with Crippen LogP contribution in [0, 0.1) is 15.9 Å². The summed E-state index contributed by atoms with van der Waals surface area (Å²) in [5, 5.41) is 14.5. The number of nitro benzene ring substituents is 1. The Morgan fingerprint density at radius 1 is 0.913 bits per heavy atom. The quantitative estimate of drug-likeness (QED) is 0.103. The molecule has 10 nitrogen and oxygen atoms in total. The molecule has 0 radical (unpaired) electrons. The summed E-state index contributed by atoms with van der Waals surface area (Å²) in [5.41, 5.74) is 0.364. The maximum atomic E-state index is 15.0. The summed E-state index contributed by atoms with van der Waals surface area (Å²) in [5.74, 6) is -1.88. The molecule has 240 valence electrons. The third-order valence-electron chi connectivity index (χ3n) is 7.34. The molecule has 1 N–H and O–H groups in total. The maximum Gasteiger partial charge on any atom is 0.271 e. The fourth-order valence-corrected chi connectivity index (χ4v) is 6.31. The molecule has 0 aliphatic rings. The molecule has 4 rings (SSSR count). The van der Waals surface area contributed by atoms with Crippen LogP contribution in [0.25, 0.3) is 0 Å². The van der Waals surface area contributed by atoms with Crippen molar-refractivity contribution in [3.8, 4) is 0 Å². The topological polar surface area (TPSA) is 130 Å². The van der Waals surface area contributed by atoms with Crippen molar-refractivity contribution in [1.82, 2.24) is 10.2 Å². The van der Waals surface area contributed by atoms with E-state index in [0.717, 1.165) is 22.4 Å². The smallest absolute Gasteiger partial charge is 0.271 e. The first-order valence-corrected chi connectivity index (χ1v) is 16.2. The summed E-state index contributed by atoms with van der Waals surface area (Å²) < 4.78 is 43.8. The summed E-state index contributed by atoms with van der Waals surface area (Å²) in [6.07, 6.45) is 1.58. The molecule has 46 heavy (non-hydrogen) atoms. The van der Waals surface area contributed by atoms with E-state index in [-0.39, 0.29) is 34.8 Å². The van der Waals surface area contributed by atoms with Crippen LogP contribution in [0.1, 0.15) is 30.9 Å². The average molecular weight is 647 g/mol. The number of hydrogen-bond acceptors (Lipinski definition) is 6. The second-order valence-electron chi connectivity index (χ2n) is 10.6. The number of non-ortho nitro benzene ring substituents is 1. The number of amides is 2. The highest BCUT2D eigenvalue weighted by atomic mass is 32.2. The van der Waals surface area contributed by atoms with Crippen LogP contribution in [0.2, 0.25) is 0 Å². The number of carbonyl (C=O) groups is 2. The largest absolute Gasteiger partial charge is 0.354 e. The summed E-state index contributed by atoms with van der Waals surface area (Å²) in [4.78, 5) is 40.1. The van der Waals surface area contributed by atoms with Gasteiger partial charge in [-0.3, -0.25) is 24.0 Å². The van der Waals surface area contributed by atoms with Gasteiger partial charge in [0.05, 0.1) is 15.5 Å². The summed E-state index contributed by atoms with van der Waals surface area (Å²) in [6.45, 7) is 1.17. The summed E-state index contributed by atoms with van der Waals surface area (Å²) >= 11 is 0. The standard InChI is InChI=1S/C34H35FN4O6S/c1-2-3-21-36-34(41)32(22-26-13-6-4-7-14-26)37(24-27-15-10-11-20-31(27)35)33(40)25-38(28-16-12-17-29(23-28)39(42)43)46(44,45)30-18-8-5-9-19-30/h4-20,23,32H,2-3,21-22,24-25H2,1H3,(H,36,41)/t32-/m1/s1. The van der Waals surface area contributed by atoms with Gasteiger partial charge in [0.1, 0.15) is 18.4 Å². The van der Waals surface area contributed by atoms with Crippen LogP contribution in [0.4, 0.5) is 15.8 Å². The van der Waals surface area contributed by atoms with Crippen molar-refractivity contribution < 1.29 is 27.3 Å². The van der Waals surface area contributed by atoms with Crippen LogP contribution in [-0.4, -0.2) is 49.2 Å². The zero-order chi connectivity index (χ0) is 33.1. The third-order valence-corrected chi connectivity index (χ3v) is 9.13. The van der Waals surface area contributed by atoms with Crippen molar-refractivity contribution in [3.05, 3.63) is 136 Å². The molecule has 0 aromatic heterocycles. The maximum absolute atomic E-state index is 15.0. The number of carbonyl (C=O) groups excluding carboxylic acids is 2. The monoisotopic (exact) mass is 646 g/mol. The van der Waals surface area contributed by atoms with Gasteiger partial charge in [0.25, 0.3) is 15.7 Å². The molecule has 0 heterocycles. The number of sulfonamides is 1. The van der Waals surface area contributed by atoms with Crippen LogP contribution < -0.4 is 9.62 Å². The van der Waals surface area contributed by atoms with E-state index in [0.29, 0.717) is 13.0 Å². The second-order valence-corrected chi connectivity index (χ2v) is 12.4. The van der Waals surface area contributed by atoms with Gasteiger partial charge in [-0.25, -0.2) is 12.8 Å². The van der Waals surface area contributed by atoms with E-state index < -0.39 is 45.2 Å². The van der Waals surface area contributed by atoms with E-state index in [9.17, 15) is 28.1 Å². The predicted octanol–water partition coefficient (Wildman–Crippen LogP) is 5.49. The molecule has 2 amide bonds. The lowest BCUT2D eigenvalue weighted by atomic mass is 10.0. The first-order chi connectivity index (χ1) is 22.1. The third kappa shape index (κ3) is 8.54. The molecule has 0 fully saturated rings. The normalized spacial score (nSPS) is 11.8. The highest BCUT2D eigenvalue weighted by Gasteiger charge is 2.35. The molecule has 12 heteroatoms. The van der Waals surface area contributed by atoms with Crippen LogP contribution >= 0.6 is 0 Å². The molecule has 0 aliphatic carbocycles. The molecule has 0 saturated carbocycles. The first-order valence-electron chi connectivity index (χ1n) is 14.8. The Balaban J connectivity index is 1.82. The Labute approximate surface area is 267 Å². The Kier molecular flexibility index (Phi) is 11.6. The number of halogens is 1. The van der Waals surface area contributed by atoms with Crippen molar-refractivity contribution in [1.29, 1.82) is 0 Å². The fourth-order valence-electron chi connectivity index (χ4n) is 4.88. The number of nitrogens with zero attached hydrogens (tertiary/aromatic N) is 3. The number of unbranched alkanes of at least 4 members (excludes halogenated alkanes) is 1. The molecule has 0 spiro atoms. The molecule has 0 unspecified atom stereocenters. The Hall–Kier alpha value is -5.10. The van der Waals surface area contributed by atoms with Crippen LogP contribution in [0.15, 0.2) is 114 Å². The van der Waals surface area contributed by atoms with E-state index in [1.165, 1.54) is 65.6 Å². The predicted molar refractivity (Wildman–Crippen MR) is 173 cm³/mol. The van der Waals surface area contributed by atoms with Crippen molar-refractivity contribution in [3.63, 3.8) is 0 Å². The van der Waals surface area contributed by atoms with Gasteiger partial charge in [0.15, 0.2) is 0 Å². The lowest BCUT2D eigenvalue weighted by Crippen LogP contribution is -2.53. The minimum Gasteiger partial charge on any atom is -0.354 e. The molecular weight excluding hydrogens is 611 g/mol. The summed E-state index contributed by atoms with van der Waals surface area (Å²) in [7, 11) is -4.44. The minimum absolute atomic E-state index is 0.0707. The SMILES string of the molecule is CCCCNC(=O)[C@@H](Cc1ccccc1)N(Cc1ccccc1F)C(=O)CN(c1cccc([N+](=O)[O-])c1)S(=O)(=O)c1ccccc1. The highest BCUT2D eigenvalue weighted by Crippen LogP contribution is 2.28. The van der Waals surface area contributed by atoms with E-state index in [4.69, 9.17) is 0 Å². The number of nitro groups is 1. The Bertz CT molecular complexity index is 1760.